The molecule has 0 saturated heterocycles. The van der Waals surface area contributed by atoms with Crippen molar-refractivity contribution < 1.29 is 23.8 Å². The summed E-state index contributed by atoms with van der Waals surface area (Å²) in [5, 5.41) is 3.31. The van der Waals surface area contributed by atoms with Gasteiger partial charge in [-0.15, -0.1) is 0 Å². The first-order chi connectivity index (χ1) is 14.4. The maximum Gasteiger partial charge on any atom is 0.322 e. The second kappa shape index (κ2) is 9.26. The number of fused-ring (bicyclic) bond motifs is 1. The second-order valence-corrected chi connectivity index (χ2v) is 7.47. The molecule has 1 N–H and O–H groups in total. The molecular weight excluding hydrogens is 408 g/mol. The average Bonchev–Trinajstić information content (AvgIpc) is 2.74. The van der Waals surface area contributed by atoms with E-state index >= 15 is 0 Å². The summed E-state index contributed by atoms with van der Waals surface area (Å²) in [7, 11) is 4.45. The fraction of sp³-hybridized carbons (Fsp3) is 0.364. The van der Waals surface area contributed by atoms with E-state index in [0.29, 0.717) is 35.2 Å². The highest BCUT2D eigenvalue weighted by Crippen LogP contribution is 2.40. The predicted molar refractivity (Wildman–Crippen MR) is 115 cm³/mol. The normalized spacial score (nSPS) is 15.2. The van der Waals surface area contributed by atoms with Crippen LogP contribution in [-0.4, -0.2) is 44.8 Å². The molecule has 0 saturated carbocycles. The second-order valence-electron chi connectivity index (χ2n) is 7.06. The van der Waals surface area contributed by atoms with E-state index in [1.54, 1.807) is 31.3 Å². The number of anilines is 1. The van der Waals surface area contributed by atoms with Crippen LogP contribution in [0.5, 0.6) is 11.5 Å². The van der Waals surface area contributed by atoms with E-state index in [1.165, 1.54) is 7.11 Å². The lowest BCUT2D eigenvalue weighted by Crippen LogP contribution is -2.43. The lowest BCUT2D eigenvalue weighted by atomic mass is 9.90. The summed E-state index contributed by atoms with van der Waals surface area (Å²) in [6.45, 7) is 2.35. The molecule has 8 heteroatoms. The van der Waals surface area contributed by atoms with E-state index in [0.717, 1.165) is 16.7 Å². The number of amides is 2. The van der Waals surface area contributed by atoms with Crippen LogP contribution in [-0.2, 0) is 16.0 Å². The van der Waals surface area contributed by atoms with E-state index in [-0.39, 0.29) is 12.5 Å². The zero-order valence-corrected chi connectivity index (χ0v) is 18.2. The summed E-state index contributed by atoms with van der Waals surface area (Å²) in [6.07, 6.45) is 0.635. The fourth-order valence-corrected chi connectivity index (χ4v) is 3.92. The van der Waals surface area contributed by atoms with Crippen molar-refractivity contribution in [3.63, 3.8) is 0 Å². The number of carbonyl (C=O) groups excluding carboxylic acids is 2. The van der Waals surface area contributed by atoms with Gasteiger partial charge >= 0.3 is 12.0 Å². The first kappa shape index (κ1) is 21.8. The van der Waals surface area contributed by atoms with Crippen LogP contribution in [0, 0.1) is 6.92 Å². The van der Waals surface area contributed by atoms with Crippen LogP contribution in [0.4, 0.5) is 10.5 Å². The van der Waals surface area contributed by atoms with Crippen LogP contribution in [0.3, 0.4) is 0 Å². The van der Waals surface area contributed by atoms with Crippen molar-refractivity contribution >= 4 is 29.3 Å². The van der Waals surface area contributed by atoms with Crippen molar-refractivity contribution in [1.29, 1.82) is 0 Å². The van der Waals surface area contributed by atoms with Crippen molar-refractivity contribution in [3.05, 3.63) is 52.0 Å². The van der Waals surface area contributed by atoms with E-state index in [1.807, 2.05) is 25.1 Å². The van der Waals surface area contributed by atoms with E-state index in [9.17, 15) is 9.59 Å². The van der Waals surface area contributed by atoms with Crippen molar-refractivity contribution in [1.82, 2.24) is 4.90 Å². The van der Waals surface area contributed by atoms with Gasteiger partial charge in [-0.25, -0.2) is 4.79 Å². The number of ether oxygens (including phenoxy) is 3. The molecule has 2 amide bonds. The van der Waals surface area contributed by atoms with Crippen LogP contribution >= 0.6 is 11.6 Å². The first-order valence-corrected chi connectivity index (χ1v) is 9.91. The van der Waals surface area contributed by atoms with Crippen molar-refractivity contribution in [2.75, 3.05) is 33.2 Å². The smallest absolute Gasteiger partial charge is 0.322 e. The van der Waals surface area contributed by atoms with E-state index < -0.39 is 12.0 Å². The number of nitrogens with zero attached hydrogens (tertiary/aromatic N) is 1. The Hall–Kier alpha value is -2.93. The van der Waals surface area contributed by atoms with Gasteiger partial charge < -0.3 is 24.4 Å². The van der Waals surface area contributed by atoms with Gasteiger partial charge in [-0.05, 0) is 54.3 Å². The number of carbonyl (C=O) groups is 2. The molecule has 160 valence electrons. The minimum Gasteiger partial charge on any atom is -0.493 e. The summed E-state index contributed by atoms with van der Waals surface area (Å²) in [6, 6.07) is 8.28. The number of rotatable bonds is 5. The molecule has 1 aliphatic rings. The lowest BCUT2D eigenvalue weighted by molar-refractivity contribution is -0.141. The van der Waals surface area contributed by atoms with Gasteiger partial charge in [-0.1, -0.05) is 17.7 Å². The van der Waals surface area contributed by atoms with Crippen molar-refractivity contribution in [2.45, 2.75) is 25.8 Å². The van der Waals surface area contributed by atoms with Gasteiger partial charge in [0.15, 0.2) is 11.5 Å². The van der Waals surface area contributed by atoms with Gasteiger partial charge in [0.25, 0.3) is 0 Å². The largest absolute Gasteiger partial charge is 0.493 e. The molecule has 30 heavy (non-hydrogen) atoms. The standard InChI is InChI=1S/C22H25ClN2O5/c1-13-5-6-17(16(23)9-13)24-22(27)25-8-7-14-10-19(28-2)20(29-3)11-15(14)18(25)12-21(26)30-4/h5-6,9-11,18H,7-8,12H2,1-4H3,(H,24,27)/t18-/m0/s1. The predicted octanol–water partition coefficient (Wildman–Crippen LogP) is 4.36. The highest BCUT2D eigenvalue weighted by atomic mass is 35.5. The minimum absolute atomic E-state index is 0.0219. The first-order valence-electron chi connectivity index (χ1n) is 9.53. The summed E-state index contributed by atoms with van der Waals surface area (Å²) < 4.78 is 15.7. The molecule has 0 aromatic heterocycles. The van der Waals surface area contributed by atoms with Gasteiger partial charge in [-0.2, -0.15) is 0 Å². The Morgan fingerprint density at radius 1 is 1.13 bits per heavy atom. The molecule has 1 heterocycles. The SMILES string of the molecule is COC(=O)C[C@H]1c2cc(OC)c(OC)cc2CCN1C(=O)Nc1ccc(C)cc1Cl. The molecule has 0 unspecified atom stereocenters. The fourth-order valence-electron chi connectivity index (χ4n) is 3.64. The number of nitrogens with one attached hydrogen (secondary N) is 1. The van der Waals surface area contributed by atoms with Crippen LogP contribution in [0.15, 0.2) is 30.3 Å². The third kappa shape index (κ3) is 4.46. The molecule has 7 nitrogen and oxygen atoms in total. The molecule has 3 rings (SSSR count). The molecule has 1 atom stereocenters. The highest BCUT2D eigenvalue weighted by Gasteiger charge is 2.34. The third-order valence-electron chi connectivity index (χ3n) is 5.22. The van der Waals surface area contributed by atoms with E-state index in [2.05, 4.69) is 5.32 Å². The zero-order valence-electron chi connectivity index (χ0n) is 17.5. The lowest BCUT2D eigenvalue weighted by Gasteiger charge is -2.37. The molecule has 1 aliphatic heterocycles. The molecule has 2 aromatic carbocycles. The Bertz CT molecular complexity index is 963. The highest BCUT2D eigenvalue weighted by molar-refractivity contribution is 6.33. The number of hydrogen-bond acceptors (Lipinski definition) is 5. The van der Waals surface area contributed by atoms with Crippen molar-refractivity contribution in [2.24, 2.45) is 0 Å². The van der Waals surface area contributed by atoms with Gasteiger partial charge in [0.05, 0.1) is 44.5 Å². The van der Waals surface area contributed by atoms with Crippen LogP contribution in [0.2, 0.25) is 5.02 Å². The number of esters is 1. The number of hydrogen-bond donors (Lipinski definition) is 1. The molecule has 2 aromatic rings. The monoisotopic (exact) mass is 432 g/mol. The Kier molecular flexibility index (Phi) is 6.72. The van der Waals surface area contributed by atoms with Crippen LogP contribution in [0.1, 0.15) is 29.2 Å². The third-order valence-corrected chi connectivity index (χ3v) is 5.53. The number of halogens is 1. The van der Waals surface area contributed by atoms with Gasteiger partial charge in [0.1, 0.15) is 0 Å². The topological polar surface area (TPSA) is 77.1 Å². The summed E-state index contributed by atoms with van der Waals surface area (Å²) in [5.74, 6) is 0.737. The average molecular weight is 433 g/mol. The molecule has 0 fully saturated rings. The van der Waals surface area contributed by atoms with Crippen LogP contribution < -0.4 is 14.8 Å². The summed E-state index contributed by atoms with van der Waals surface area (Å²) >= 11 is 6.27. The van der Waals surface area contributed by atoms with Gasteiger partial charge in [-0.3, -0.25) is 4.79 Å². The molecule has 0 bridgehead atoms. The maximum absolute atomic E-state index is 13.1. The van der Waals surface area contributed by atoms with Gasteiger partial charge in [0, 0.05) is 6.54 Å². The zero-order chi connectivity index (χ0) is 21.8. The Morgan fingerprint density at radius 3 is 2.47 bits per heavy atom. The molecule has 0 spiro atoms. The Morgan fingerprint density at radius 2 is 1.83 bits per heavy atom. The van der Waals surface area contributed by atoms with Crippen LogP contribution in [0.25, 0.3) is 0 Å². The maximum atomic E-state index is 13.1. The molecular formula is C22H25ClN2O5. The quantitative estimate of drug-likeness (QED) is 0.710. The summed E-state index contributed by atoms with van der Waals surface area (Å²) in [4.78, 5) is 26.9. The van der Waals surface area contributed by atoms with E-state index in [4.69, 9.17) is 25.8 Å². The minimum atomic E-state index is -0.509. The summed E-state index contributed by atoms with van der Waals surface area (Å²) in [5.41, 5.74) is 3.34. The number of benzene rings is 2. The molecule has 0 radical (unpaired) electrons. The Balaban J connectivity index is 1.95. The van der Waals surface area contributed by atoms with Gasteiger partial charge in [0.2, 0.25) is 0 Å². The number of aryl methyl sites for hydroxylation is 1. The number of urea groups is 1. The van der Waals surface area contributed by atoms with Crippen molar-refractivity contribution in [3.8, 4) is 11.5 Å². The molecule has 0 aliphatic carbocycles. The Labute approximate surface area is 180 Å². The number of methoxy groups -OCH3 is 3.